The van der Waals surface area contributed by atoms with Crippen molar-refractivity contribution in [2.45, 2.75) is 51.3 Å². The molecule has 1 fully saturated rings. The molecule has 27 heavy (non-hydrogen) atoms. The van der Waals surface area contributed by atoms with Gasteiger partial charge in [0.25, 0.3) is 0 Å². The number of hydrogen-bond donors (Lipinski definition) is 1. The molecule has 7 nitrogen and oxygen atoms in total. The van der Waals surface area contributed by atoms with Crippen molar-refractivity contribution < 1.29 is 9.53 Å². The molecule has 0 aromatic carbocycles. The van der Waals surface area contributed by atoms with E-state index in [2.05, 4.69) is 36.0 Å². The summed E-state index contributed by atoms with van der Waals surface area (Å²) < 4.78 is 7.20. The molecule has 2 aromatic heterocycles. The molecule has 0 amide bonds. The van der Waals surface area contributed by atoms with Crippen LogP contribution in [0.5, 0.6) is 0 Å². The number of hydrogen-bond acceptors (Lipinski definition) is 7. The number of nitrogens with two attached hydrogens (primary N) is 1. The molecule has 3 unspecified atom stereocenters. The van der Waals surface area contributed by atoms with Crippen molar-refractivity contribution in [2.24, 2.45) is 17.8 Å². The molecule has 8 heteroatoms. The fourth-order valence-electron chi connectivity index (χ4n) is 3.64. The Morgan fingerprint density at radius 2 is 2.22 bits per heavy atom. The highest BCUT2D eigenvalue weighted by atomic mass is 32.2. The highest BCUT2D eigenvalue weighted by Crippen LogP contribution is 2.35. The second-order valence-corrected chi connectivity index (χ2v) is 8.50. The molecule has 2 N–H and O–H groups in total. The topological polar surface area (TPSA) is 95.9 Å². The minimum Gasteiger partial charge on any atom is -0.461 e. The van der Waals surface area contributed by atoms with Crippen LogP contribution in [0.25, 0.3) is 11.4 Å². The third-order valence-electron chi connectivity index (χ3n) is 5.15. The molecule has 146 valence electrons. The van der Waals surface area contributed by atoms with Crippen LogP contribution >= 0.6 is 11.8 Å². The molecular weight excluding hydrogens is 362 g/mol. The van der Waals surface area contributed by atoms with Gasteiger partial charge in [-0.3, -0.25) is 9.78 Å². The van der Waals surface area contributed by atoms with E-state index >= 15 is 0 Å². The monoisotopic (exact) mass is 389 g/mol. The second-order valence-electron chi connectivity index (χ2n) is 7.56. The zero-order chi connectivity index (χ0) is 19.4. The van der Waals surface area contributed by atoms with Crippen molar-refractivity contribution in [2.75, 3.05) is 11.6 Å². The van der Waals surface area contributed by atoms with Crippen LogP contribution < -0.4 is 5.84 Å². The van der Waals surface area contributed by atoms with E-state index in [0.29, 0.717) is 28.7 Å². The Balaban J connectivity index is 1.58. The standard InChI is InChI=1S/C19H27N5O2S/c1-12(2)15-7-6-13(3)9-16(15)26-17(25)11-27-19-23-22-18(24(19)20)14-5-4-8-21-10-14/h4-5,8,10,12-13,15-16H,6-7,9,11,20H2,1-3H3. The van der Waals surface area contributed by atoms with Gasteiger partial charge in [-0.05, 0) is 42.7 Å². The number of esters is 1. The van der Waals surface area contributed by atoms with E-state index < -0.39 is 0 Å². The van der Waals surface area contributed by atoms with E-state index in [4.69, 9.17) is 10.6 Å². The maximum Gasteiger partial charge on any atom is 0.316 e. The molecular formula is C19H27N5O2S. The number of nitrogen functional groups attached to an aromatic ring is 1. The molecule has 3 atom stereocenters. The predicted octanol–water partition coefficient (Wildman–Crippen LogP) is 3.15. The largest absolute Gasteiger partial charge is 0.461 e. The first-order chi connectivity index (χ1) is 13.0. The lowest BCUT2D eigenvalue weighted by atomic mass is 9.75. The molecule has 3 rings (SSSR count). The zero-order valence-corrected chi connectivity index (χ0v) is 16.9. The lowest BCUT2D eigenvalue weighted by molar-refractivity contribution is -0.152. The second kappa shape index (κ2) is 8.73. The Morgan fingerprint density at radius 3 is 2.93 bits per heavy atom. The number of carbonyl (C=O) groups is 1. The van der Waals surface area contributed by atoms with Crippen LogP contribution in [-0.4, -0.2) is 37.7 Å². The Labute approximate surface area is 164 Å². The SMILES string of the molecule is CC1CCC(C(C)C)C(OC(=O)CSc2nnc(-c3cccnc3)n2N)C1. The Hall–Kier alpha value is -2.09. The van der Waals surface area contributed by atoms with E-state index in [9.17, 15) is 4.79 Å². The van der Waals surface area contributed by atoms with Gasteiger partial charge in [-0.2, -0.15) is 0 Å². The summed E-state index contributed by atoms with van der Waals surface area (Å²) in [4.78, 5) is 16.5. The lowest BCUT2D eigenvalue weighted by Gasteiger charge is -2.36. The van der Waals surface area contributed by atoms with Crippen molar-refractivity contribution in [3.05, 3.63) is 24.5 Å². The quantitative estimate of drug-likeness (QED) is 0.460. The molecule has 0 radical (unpaired) electrons. The number of nitrogens with zero attached hydrogens (tertiary/aromatic N) is 4. The summed E-state index contributed by atoms with van der Waals surface area (Å²) in [5.41, 5.74) is 0.776. The minimum absolute atomic E-state index is 0.00329. The van der Waals surface area contributed by atoms with Crippen LogP contribution in [-0.2, 0) is 9.53 Å². The summed E-state index contributed by atoms with van der Waals surface area (Å²) >= 11 is 1.24. The van der Waals surface area contributed by atoms with E-state index in [-0.39, 0.29) is 17.8 Å². The summed E-state index contributed by atoms with van der Waals surface area (Å²) in [5.74, 6) is 8.07. The first kappa shape index (κ1) is 19.7. The van der Waals surface area contributed by atoms with Crippen molar-refractivity contribution in [1.82, 2.24) is 19.9 Å². The van der Waals surface area contributed by atoms with E-state index in [1.165, 1.54) is 22.9 Å². The Bertz CT molecular complexity index is 765. The first-order valence-corrected chi connectivity index (χ1v) is 10.4. The first-order valence-electron chi connectivity index (χ1n) is 9.39. The van der Waals surface area contributed by atoms with E-state index in [1.807, 2.05) is 12.1 Å². The highest BCUT2D eigenvalue weighted by Gasteiger charge is 2.33. The van der Waals surface area contributed by atoms with Gasteiger partial charge < -0.3 is 10.6 Å². The molecule has 2 aromatic rings. The van der Waals surface area contributed by atoms with Crippen molar-refractivity contribution in [1.29, 1.82) is 0 Å². The van der Waals surface area contributed by atoms with Gasteiger partial charge >= 0.3 is 5.97 Å². The Morgan fingerprint density at radius 1 is 1.41 bits per heavy atom. The highest BCUT2D eigenvalue weighted by molar-refractivity contribution is 7.99. The van der Waals surface area contributed by atoms with Crippen molar-refractivity contribution in [3.8, 4) is 11.4 Å². The minimum atomic E-state index is -0.226. The summed E-state index contributed by atoms with van der Waals surface area (Å²) in [6.45, 7) is 6.63. The Kier molecular flexibility index (Phi) is 6.36. The maximum absolute atomic E-state index is 12.4. The normalized spacial score (nSPS) is 22.7. The number of rotatable bonds is 6. The average molecular weight is 390 g/mol. The molecule has 0 aliphatic heterocycles. The summed E-state index contributed by atoms with van der Waals surface area (Å²) in [6, 6.07) is 3.67. The number of ether oxygens (including phenoxy) is 1. The fourth-order valence-corrected chi connectivity index (χ4v) is 4.28. The predicted molar refractivity (Wildman–Crippen MR) is 105 cm³/mol. The zero-order valence-electron chi connectivity index (χ0n) is 16.0. The lowest BCUT2D eigenvalue weighted by Crippen LogP contribution is -2.36. The number of pyridine rings is 1. The van der Waals surface area contributed by atoms with E-state index in [1.54, 1.807) is 12.4 Å². The number of thioether (sulfide) groups is 1. The van der Waals surface area contributed by atoms with Crippen molar-refractivity contribution >= 4 is 17.7 Å². The van der Waals surface area contributed by atoms with Gasteiger partial charge in [0.05, 0.1) is 5.75 Å². The van der Waals surface area contributed by atoms with Gasteiger partial charge in [0.1, 0.15) is 6.10 Å². The van der Waals surface area contributed by atoms with Crippen LogP contribution in [0.2, 0.25) is 0 Å². The van der Waals surface area contributed by atoms with Crippen molar-refractivity contribution in [3.63, 3.8) is 0 Å². The van der Waals surface area contributed by atoms with Crippen LogP contribution in [0.4, 0.5) is 0 Å². The fraction of sp³-hybridized carbons (Fsp3) is 0.579. The average Bonchev–Trinajstić information content (AvgIpc) is 3.01. The third-order valence-corrected chi connectivity index (χ3v) is 6.06. The van der Waals surface area contributed by atoms with Gasteiger partial charge in [-0.15, -0.1) is 10.2 Å². The molecule has 0 bridgehead atoms. The van der Waals surface area contributed by atoms with E-state index in [0.717, 1.165) is 18.4 Å². The number of aromatic nitrogens is 4. The molecule has 2 heterocycles. The van der Waals surface area contributed by atoms with Crippen LogP contribution in [0.3, 0.4) is 0 Å². The van der Waals surface area contributed by atoms with Gasteiger partial charge in [0.15, 0.2) is 5.82 Å². The van der Waals surface area contributed by atoms with Gasteiger partial charge in [0.2, 0.25) is 5.16 Å². The van der Waals surface area contributed by atoms with Gasteiger partial charge in [-0.1, -0.05) is 39.0 Å². The summed E-state index contributed by atoms with van der Waals surface area (Å²) in [5, 5.41) is 8.66. The molecule has 1 aliphatic rings. The van der Waals surface area contributed by atoms with Gasteiger partial charge in [0, 0.05) is 18.0 Å². The smallest absolute Gasteiger partial charge is 0.316 e. The van der Waals surface area contributed by atoms with Crippen LogP contribution in [0.15, 0.2) is 29.7 Å². The van der Waals surface area contributed by atoms with Crippen LogP contribution in [0, 0.1) is 17.8 Å². The molecule has 0 spiro atoms. The molecule has 1 aliphatic carbocycles. The van der Waals surface area contributed by atoms with Gasteiger partial charge in [-0.25, -0.2) is 4.68 Å². The molecule has 0 saturated heterocycles. The molecule has 1 saturated carbocycles. The number of carbonyl (C=O) groups excluding carboxylic acids is 1. The third kappa shape index (κ3) is 4.80. The maximum atomic E-state index is 12.4. The summed E-state index contributed by atoms with van der Waals surface area (Å²) in [7, 11) is 0. The van der Waals surface area contributed by atoms with Crippen LogP contribution in [0.1, 0.15) is 40.0 Å². The summed E-state index contributed by atoms with van der Waals surface area (Å²) in [6.07, 6.45) is 6.63.